The molecule has 0 aliphatic carbocycles. The maximum Gasteiger partial charge on any atom is 0.321 e. The van der Waals surface area contributed by atoms with Gasteiger partial charge in [-0.3, -0.25) is 9.59 Å². The van der Waals surface area contributed by atoms with Crippen LogP contribution < -0.4 is 11.1 Å². The number of nitrogens with two attached hydrogens (primary N) is 1. The van der Waals surface area contributed by atoms with Crippen LogP contribution >= 0.6 is 27.7 Å². The Balaban J connectivity index is 2.41. The van der Waals surface area contributed by atoms with Crippen LogP contribution in [0.3, 0.4) is 0 Å². The van der Waals surface area contributed by atoms with E-state index < -0.39 is 12.0 Å². The van der Waals surface area contributed by atoms with Crippen molar-refractivity contribution in [3.8, 4) is 0 Å². The normalized spacial score (nSPS) is 11.9. The Labute approximate surface area is 124 Å². The monoisotopic (exact) mass is 346 g/mol. The Kier molecular flexibility index (Phi) is 6.33. The van der Waals surface area contributed by atoms with Crippen LogP contribution in [0.4, 0.5) is 5.69 Å². The second-order valence-electron chi connectivity index (χ2n) is 3.99. The van der Waals surface area contributed by atoms with Gasteiger partial charge < -0.3 is 16.2 Å². The lowest BCUT2D eigenvalue weighted by molar-refractivity contribution is -0.137. The molecular weight excluding hydrogens is 332 g/mol. The number of halogens is 1. The second kappa shape index (κ2) is 7.52. The van der Waals surface area contributed by atoms with Gasteiger partial charge in [-0.1, -0.05) is 6.07 Å². The number of aryl methyl sites for hydroxylation is 1. The van der Waals surface area contributed by atoms with Gasteiger partial charge in [-0.25, -0.2) is 0 Å². The molecule has 0 bridgehead atoms. The fourth-order valence-corrected chi connectivity index (χ4v) is 2.62. The number of carboxylic acid groups (broad SMARTS) is 1. The molecular formula is C12H15BrN2O3S. The van der Waals surface area contributed by atoms with E-state index in [1.54, 1.807) is 0 Å². The van der Waals surface area contributed by atoms with Gasteiger partial charge in [0.2, 0.25) is 5.91 Å². The van der Waals surface area contributed by atoms with Gasteiger partial charge in [0.1, 0.15) is 6.04 Å². The molecule has 0 aliphatic rings. The quantitative estimate of drug-likeness (QED) is 0.730. The first kappa shape index (κ1) is 16.0. The van der Waals surface area contributed by atoms with Gasteiger partial charge in [-0.05, 0) is 40.5 Å². The number of benzene rings is 1. The van der Waals surface area contributed by atoms with Gasteiger partial charge in [0.05, 0.1) is 11.4 Å². The molecule has 1 atom stereocenters. The Bertz CT molecular complexity index is 482. The van der Waals surface area contributed by atoms with Crippen molar-refractivity contribution in [3.05, 3.63) is 28.2 Å². The molecule has 0 aliphatic heterocycles. The fourth-order valence-electron chi connectivity index (χ4n) is 1.26. The molecule has 0 fully saturated rings. The minimum absolute atomic E-state index is 0.168. The zero-order valence-electron chi connectivity index (χ0n) is 10.4. The van der Waals surface area contributed by atoms with Gasteiger partial charge in [0, 0.05) is 10.2 Å². The van der Waals surface area contributed by atoms with Crippen LogP contribution in [0.25, 0.3) is 0 Å². The minimum atomic E-state index is -1.06. The number of carbonyl (C=O) groups is 2. The molecule has 4 N–H and O–H groups in total. The summed E-state index contributed by atoms with van der Waals surface area (Å²) in [5.41, 5.74) is 7.12. The topological polar surface area (TPSA) is 92.4 Å². The third-order valence-corrected chi connectivity index (χ3v) is 3.96. The molecule has 0 aromatic heterocycles. The first-order valence-electron chi connectivity index (χ1n) is 5.52. The number of hydrogen-bond donors (Lipinski definition) is 3. The summed E-state index contributed by atoms with van der Waals surface area (Å²) in [5, 5.41) is 11.3. The lowest BCUT2D eigenvalue weighted by Crippen LogP contribution is -2.33. The molecule has 104 valence electrons. The molecule has 7 heteroatoms. The Hall–Kier alpha value is -1.05. The molecule has 0 radical (unpaired) electrons. The second-order valence-corrected chi connectivity index (χ2v) is 5.88. The van der Waals surface area contributed by atoms with Crippen molar-refractivity contribution in [2.24, 2.45) is 5.73 Å². The van der Waals surface area contributed by atoms with Gasteiger partial charge in [-0.2, -0.15) is 0 Å². The Morgan fingerprint density at radius 1 is 1.53 bits per heavy atom. The molecule has 1 aromatic rings. The fraction of sp³-hybridized carbons (Fsp3) is 0.333. The highest BCUT2D eigenvalue weighted by molar-refractivity contribution is 9.10. The van der Waals surface area contributed by atoms with Crippen LogP contribution in [-0.4, -0.2) is 34.5 Å². The number of anilines is 1. The highest BCUT2D eigenvalue weighted by Gasteiger charge is 2.12. The van der Waals surface area contributed by atoms with Crippen molar-refractivity contribution in [3.63, 3.8) is 0 Å². The maximum atomic E-state index is 11.7. The lowest BCUT2D eigenvalue weighted by atomic mass is 10.2. The van der Waals surface area contributed by atoms with Gasteiger partial charge in [0.25, 0.3) is 0 Å². The zero-order valence-corrected chi connectivity index (χ0v) is 12.8. The molecule has 1 amide bonds. The lowest BCUT2D eigenvalue weighted by Gasteiger charge is -2.09. The molecule has 19 heavy (non-hydrogen) atoms. The summed E-state index contributed by atoms with van der Waals surface area (Å²) in [7, 11) is 0. The summed E-state index contributed by atoms with van der Waals surface area (Å²) >= 11 is 4.56. The van der Waals surface area contributed by atoms with Gasteiger partial charge in [-0.15, -0.1) is 11.8 Å². The van der Waals surface area contributed by atoms with E-state index in [1.807, 2.05) is 25.1 Å². The molecule has 0 saturated heterocycles. The summed E-state index contributed by atoms with van der Waals surface area (Å²) in [4.78, 5) is 22.2. The average molecular weight is 347 g/mol. The van der Waals surface area contributed by atoms with Crippen molar-refractivity contribution in [2.45, 2.75) is 13.0 Å². The predicted octanol–water partition coefficient (Wildman–Crippen LogP) is 1.84. The zero-order chi connectivity index (χ0) is 14.4. The molecule has 0 spiro atoms. The number of rotatable bonds is 6. The summed E-state index contributed by atoms with van der Waals surface area (Å²) in [6, 6.07) is 4.67. The smallest absolute Gasteiger partial charge is 0.321 e. The number of aliphatic carboxylic acids is 1. The number of carbonyl (C=O) groups excluding carboxylic acids is 1. The molecule has 1 rings (SSSR count). The van der Waals surface area contributed by atoms with Crippen molar-refractivity contribution in [2.75, 3.05) is 16.8 Å². The number of thioether (sulfide) groups is 1. The first-order chi connectivity index (χ1) is 8.90. The predicted molar refractivity (Wildman–Crippen MR) is 80.4 cm³/mol. The Morgan fingerprint density at radius 2 is 2.21 bits per heavy atom. The number of hydrogen-bond acceptors (Lipinski definition) is 4. The maximum absolute atomic E-state index is 11.7. The molecule has 5 nitrogen and oxygen atoms in total. The summed E-state index contributed by atoms with van der Waals surface area (Å²) in [5.74, 6) is -0.875. The summed E-state index contributed by atoms with van der Waals surface area (Å²) < 4.78 is 0.813. The van der Waals surface area contributed by atoms with Gasteiger partial charge >= 0.3 is 5.97 Å². The number of nitrogens with one attached hydrogen (secondary N) is 1. The third kappa shape index (κ3) is 5.63. The number of carboxylic acids is 1. The SMILES string of the molecule is Cc1ccc(NC(=O)CSCC(N)C(=O)O)c(Br)c1. The van der Waals surface area contributed by atoms with E-state index in [-0.39, 0.29) is 17.4 Å². The van der Waals surface area contributed by atoms with Crippen molar-refractivity contribution >= 4 is 45.3 Å². The van der Waals surface area contributed by atoms with E-state index in [2.05, 4.69) is 21.2 Å². The number of amides is 1. The summed E-state index contributed by atoms with van der Waals surface area (Å²) in [6.07, 6.45) is 0. The van der Waals surface area contributed by atoms with Crippen LogP contribution in [0.1, 0.15) is 5.56 Å². The van der Waals surface area contributed by atoms with E-state index in [9.17, 15) is 9.59 Å². The standard InChI is InChI=1S/C12H15BrN2O3S/c1-7-2-3-10(8(13)4-7)15-11(16)6-19-5-9(14)12(17)18/h2-4,9H,5-6,14H2,1H3,(H,15,16)(H,17,18). The largest absolute Gasteiger partial charge is 0.480 e. The van der Waals surface area contributed by atoms with Crippen molar-refractivity contribution < 1.29 is 14.7 Å². The van der Waals surface area contributed by atoms with Crippen LogP contribution in [0.2, 0.25) is 0 Å². The van der Waals surface area contributed by atoms with Crippen LogP contribution in [0.5, 0.6) is 0 Å². The first-order valence-corrected chi connectivity index (χ1v) is 7.47. The Morgan fingerprint density at radius 3 is 2.79 bits per heavy atom. The highest BCUT2D eigenvalue weighted by Crippen LogP contribution is 2.23. The summed E-state index contributed by atoms with van der Waals surface area (Å²) in [6.45, 7) is 1.96. The highest BCUT2D eigenvalue weighted by atomic mass is 79.9. The van der Waals surface area contributed by atoms with Crippen LogP contribution in [-0.2, 0) is 9.59 Å². The van der Waals surface area contributed by atoms with Crippen molar-refractivity contribution in [1.82, 2.24) is 0 Å². The van der Waals surface area contributed by atoms with Crippen molar-refractivity contribution in [1.29, 1.82) is 0 Å². The average Bonchev–Trinajstić information content (AvgIpc) is 2.32. The van der Waals surface area contributed by atoms with E-state index >= 15 is 0 Å². The molecule has 1 aromatic carbocycles. The third-order valence-electron chi connectivity index (χ3n) is 2.25. The van der Waals surface area contributed by atoms with E-state index in [0.29, 0.717) is 5.69 Å². The minimum Gasteiger partial charge on any atom is -0.480 e. The molecule has 0 heterocycles. The van der Waals surface area contributed by atoms with E-state index in [4.69, 9.17) is 10.8 Å². The molecule has 0 saturated carbocycles. The van der Waals surface area contributed by atoms with Crippen LogP contribution in [0, 0.1) is 6.92 Å². The van der Waals surface area contributed by atoms with E-state index in [0.717, 1.165) is 10.0 Å². The van der Waals surface area contributed by atoms with Crippen LogP contribution in [0.15, 0.2) is 22.7 Å². The van der Waals surface area contributed by atoms with Gasteiger partial charge in [0.15, 0.2) is 0 Å². The molecule has 1 unspecified atom stereocenters. The van der Waals surface area contributed by atoms with E-state index in [1.165, 1.54) is 11.8 Å².